The third kappa shape index (κ3) is 3.27. The van der Waals surface area contributed by atoms with E-state index in [0.29, 0.717) is 16.3 Å². The molecule has 0 saturated carbocycles. The van der Waals surface area contributed by atoms with Gasteiger partial charge in [0, 0.05) is 10.7 Å². The van der Waals surface area contributed by atoms with Gasteiger partial charge in [-0.05, 0) is 48.4 Å². The van der Waals surface area contributed by atoms with Crippen LogP contribution in [0, 0.1) is 12.7 Å². The lowest BCUT2D eigenvalue weighted by molar-refractivity contribution is -0.138. The Morgan fingerprint density at radius 2 is 1.90 bits per heavy atom. The zero-order valence-corrected chi connectivity index (χ0v) is 11.5. The van der Waals surface area contributed by atoms with Crippen molar-refractivity contribution in [3.8, 4) is 0 Å². The molecule has 0 fully saturated rings. The quantitative estimate of drug-likeness (QED) is 0.895. The minimum Gasteiger partial charge on any atom is -0.479 e. The molecule has 0 amide bonds. The van der Waals surface area contributed by atoms with Crippen LogP contribution in [-0.2, 0) is 4.79 Å². The van der Waals surface area contributed by atoms with Crippen LogP contribution >= 0.6 is 11.6 Å². The molecule has 2 aromatic rings. The number of aryl methyl sites for hydroxylation is 1. The Morgan fingerprint density at radius 3 is 2.45 bits per heavy atom. The van der Waals surface area contributed by atoms with Gasteiger partial charge in [-0.3, -0.25) is 0 Å². The van der Waals surface area contributed by atoms with Crippen molar-refractivity contribution < 1.29 is 14.3 Å². The molecule has 2 rings (SSSR count). The second kappa shape index (κ2) is 5.92. The van der Waals surface area contributed by atoms with Gasteiger partial charge in [0.1, 0.15) is 5.82 Å². The molecule has 0 saturated heterocycles. The standard InChI is InChI=1S/C15H13ClFNO2/c1-9-2-3-10(8-13(9)16)14(15(19)20)18-12-6-4-11(17)5-7-12/h2-8,14,18H,1H3,(H,19,20). The molecule has 2 aromatic carbocycles. The average Bonchev–Trinajstić information content (AvgIpc) is 2.41. The molecule has 5 heteroatoms. The van der Waals surface area contributed by atoms with Crippen LogP contribution in [0.15, 0.2) is 42.5 Å². The monoisotopic (exact) mass is 293 g/mol. The summed E-state index contributed by atoms with van der Waals surface area (Å²) in [4.78, 5) is 11.4. The molecule has 0 heterocycles. The fourth-order valence-electron chi connectivity index (χ4n) is 1.79. The second-order valence-electron chi connectivity index (χ2n) is 4.43. The number of hydrogen-bond donors (Lipinski definition) is 2. The number of benzene rings is 2. The molecular formula is C15H13ClFNO2. The summed E-state index contributed by atoms with van der Waals surface area (Å²) in [5.74, 6) is -1.41. The first-order chi connectivity index (χ1) is 9.47. The van der Waals surface area contributed by atoms with E-state index in [9.17, 15) is 14.3 Å². The van der Waals surface area contributed by atoms with E-state index in [1.54, 1.807) is 18.2 Å². The van der Waals surface area contributed by atoms with E-state index in [2.05, 4.69) is 5.32 Å². The van der Waals surface area contributed by atoms with Gasteiger partial charge in [-0.1, -0.05) is 23.7 Å². The van der Waals surface area contributed by atoms with Crippen LogP contribution in [-0.4, -0.2) is 11.1 Å². The van der Waals surface area contributed by atoms with Crippen molar-refractivity contribution in [1.82, 2.24) is 0 Å². The first kappa shape index (κ1) is 14.3. The molecule has 0 radical (unpaired) electrons. The lowest BCUT2D eigenvalue weighted by Gasteiger charge is -2.17. The van der Waals surface area contributed by atoms with Crippen LogP contribution in [0.3, 0.4) is 0 Å². The van der Waals surface area contributed by atoms with Crippen molar-refractivity contribution in [2.24, 2.45) is 0 Å². The van der Waals surface area contributed by atoms with Gasteiger partial charge >= 0.3 is 5.97 Å². The summed E-state index contributed by atoms with van der Waals surface area (Å²) in [6.45, 7) is 1.84. The molecule has 0 spiro atoms. The Balaban J connectivity index is 2.29. The van der Waals surface area contributed by atoms with Gasteiger partial charge in [-0.25, -0.2) is 9.18 Å². The van der Waals surface area contributed by atoms with E-state index >= 15 is 0 Å². The smallest absolute Gasteiger partial charge is 0.330 e. The number of carboxylic acid groups (broad SMARTS) is 1. The number of hydrogen-bond acceptors (Lipinski definition) is 2. The zero-order chi connectivity index (χ0) is 14.7. The maximum Gasteiger partial charge on any atom is 0.330 e. The Morgan fingerprint density at radius 1 is 1.25 bits per heavy atom. The summed E-state index contributed by atoms with van der Waals surface area (Å²) < 4.78 is 12.8. The zero-order valence-electron chi connectivity index (χ0n) is 10.7. The molecule has 104 valence electrons. The molecule has 1 unspecified atom stereocenters. The second-order valence-corrected chi connectivity index (χ2v) is 4.84. The fraction of sp³-hybridized carbons (Fsp3) is 0.133. The fourth-order valence-corrected chi connectivity index (χ4v) is 1.98. The summed E-state index contributed by atoms with van der Waals surface area (Å²) in [5.41, 5.74) is 1.94. The van der Waals surface area contributed by atoms with Gasteiger partial charge in [0.2, 0.25) is 0 Å². The van der Waals surface area contributed by atoms with E-state index in [-0.39, 0.29) is 5.82 Å². The van der Waals surface area contributed by atoms with E-state index in [0.717, 1.165) is 5.56 Å². The first-order valence-electron chi connectivity index (χ1n) is 5.98. The van der Waals surface area contributed by atoms with Crippen molar-refractivity contribution >= 4 is 23.3 Å². The number of aliphatic carboxylic acids is 1. The average molecular weight is 294 g/mol. The lowest BCUT2D eigenvalue weighted by atomic mass is 10.0. The molecule has 0 aliphatic heterocycles. The van der Waals surface area contributed by atoms with Crippen LogP contribution in [0.4, 0.5) is 10.1 Å². The number of carboxylic acids is 1. The minimum absolute atomic E-state index is 0.374. The Bertz CT molecular complexity index is 628. The highest BCUT2D eigenvalue weighted by atomic mass is 35.5. The highest BCUT2D eigenvalue weighted by molar-refractivity contribution is 6.31. The number of anilines is 1. The van der Waals surface area contributed by atoms with Crippen LogP contribution in [0.5, 0.6) is 0 Å². The van der Waals surface area contributed by atoms with Crippen LogP contribution in [0.2, 0.25) is 5.02 Å². The largest absolute Gasteiger partial charge is 0.479 e. The predicted octanol–water partition coefficient (Wildman–Crippen LogP) is 4.03. The normalized spacial score (nSPS) is 11.9. The van der Waals surface area contributed by atoms with Crippen LogP contribution in [0.1, 0.15) is 17.2 Å². The number of rotatable bonds is 4. The summed E-state index contributed by atoms with van der Waals surface area (Å²) in [6, 6.07) is 9.65. The predicted molar refractivity (Wildman–Crippen MR) is 76.6 cm³/mol. The molecule has 1 atom stereocenters. The summed E-state index contributed by atoms with van der Waals surface area (Å²) >= 11 is 6.02. The molecule has 0 aromatic heterocycles. The topological polar surface area (TPSA) is 49.3 Å². The van der Waals surface area contributed by atoms with Crippen LogP contribution < -0.4 is 5.32 Å². The van der Waals surface area contributed by atoms with Crippen molar-refractivity contribution in [1.29, 1.82) is 0 Å². The van der Waals surface area contributed by atoms with Gasteiger partial charge in [-0.15, -0.1) is 0 Å². The molecular weight excluding hydrogens is 281 g/mol. The van der Waals surface area contributed by atoms with Gasteiger partial charge < -0.3 is 10.4 Å². The molecule has 0 bridgehead atoms. The van der Waals surface area contributed by atoms with Crippen molar-refractivity contribution in [3.05, 3.63) is 64.4 Å². The number of halogens is 2. The van der Waals surface area contributed by atoms with Crippen molar-refractivity contribution in [3.63, 3.8) is 0 Å². The molecule has 3 nitrogen and oxygen atoms in total. The summed E-state index contributed by atoms with van der Waals surface area (Å²) in [7, 11) is 0. The third-order valence-electron chi connectivity index (χ3n) is 2.93. The van der Waals surface area contributed by atoms with E-state index in [1.165, 1.54) is 24.3 Å². The Kier molecular flexibility index (Phi) is 4.25. The van der Waals surface area contributed by atoms with Crippen molar-refractivity contribution in [2.75, 3.05) is 5.32 Å². The third-order valence-corrected chi connectivity index (χ3v) is 3.34. The molecule has 2 N–H and O–H groups in total. The van der Waals surface area contributed by atoms with Crippen molar-refractivity contribution in [2.45, 2.75) is 13.0 Å². The van der Waals surface area contributed by atoms with E-state index < -0.39 is 12.0 Å². The maximum atomic E-state index is 12.8. The van der Waals surface area contributed by atoms with Gasteiger partial charge in [0.05, 0.1) is 0 Å². The number of nitrogens with one attached hydrogen (secondary N) is 1. The lowest BCUT2D eigenvalue weighted by Crippen LogP contribution is -2.20. The van der Waals surface area contributed by atoms with E-state index in [1.807, 2.05) is 6.92 Å². The van der Waals surface area contributed by atoms with Crippen LogP contribution in [0.25, 0.3) is 0 Å². The molecule has 0 aliphatic carbocycles. The highest BCUT2D eigenvalue weighted by Crippen LogP contribution is 2.25. The summed E-state index contributed by atoms with van der Waals surface area (Å²) in [5, 5.41) is 12.7. The molecule has 0 aliphatic rings. The first-order valence-corrected chi connectivity index (χ1v) is 6.36. The van der Waals surface area contributed by atoms with E-state index in [4.69, 9.17) is 11.6 Å². The summed E-state index contributed by atoms with van der Waals surface area (Å²) in [6.07, 6.45) is 0. The van der Waals surface area contributed by atoms with Gasteiger partial charge in [-0.2, -0.15) is 0 Å². The van der Waals surface area contributed by atoms with Gasteiger partial charge in [0.25, 0.3) is 0 Å². The SMILES string of the molecule is Cc1ccc(C(Nc2ccc(F)cc2)C(=O)O)cc1Cl. The molecule has 20 heavy (non-hydrogen) atoms. The maximum absolute atomic E-state index is 12.8. The Labute approximate surface area is 121 Å². The number of carbonyl (C=O) groups is 1. The van der Waals surface area contributed by atoms with Gasteiger partial charge in [0.15, 0.2) is 6.04 Å². The Hall–Kier alpha value is -2.07. The highest BCUT2D eigenvalue weighted by Gasteiger charge is 2.20. The minimum atomic E-state index is -1.03.